The van der Waals surface area contributed by atoms with Gasteiger partial charge in [-0.2, -0.15) is 0 Å². The molecule has 1 aromatic heterocycles. The van der Waals surface area contributed by atoms with E-state index < -0.39 is 11.9 Å². The second-order valence-electron chi connectivity index (χ2n) is 8.05. The van der Waals surface area contributed by atoms with Crippen LogP contribution in [-0.2, 0) is 16.1 Å². The Morgan fingerprint density at radius 1 is 1.09 bits per heavy atom. The Hall–Kier alpha value is -3.55. The van der Waals surface area contributed by atoms with Gasteiger partial charge >= 0.3 is 12.0 Å². The third kappa shape index (κ3) is 4.97. The van der Waals surface area contributed by atoms with E-state index in [0.717, 1.165) is 27.5 Å². The highest BCUT2D eigenvalue weighted by molar-refractivity contribution is 6.35. The Labute approximate surface area is 212 Å². The monoisotopic (exact) mass is 511 g/mol. The summed E-state index contributed by atoms with van der Waals surface area (Å²) in [6.45, 7) is 5.91. The van der Waals surface area contributed by atoms with Crippen LogP contribution in [0.1, 0.15) is 39.8 Å². The van der Waals surface area contributed by atoms with Crippen LogP contribution in [0.15, 0.2) is 54.2 Å². The molecular weight excluding hydrogens is 489 g/mol. The molecule has 1 N–H and O–H groups in total. The van der Waals surface area contributed by atoms with Crippen molar-refractivity contribution in [3.05, 3.63) is 92.4 Å². The van der Waals surface area contributed by atoms with Crippen molar-refractivity contribution in [1.29, 1.82) is 0 Å². The first kappa shape index (κ1) is 24.6. The van der Waals surface area contributed by atoms with Crippen molar-refractivity contribution < 1.29 is 19.1 Å². The number of aromatic nitrogens is 1. The zero-order valence-electron chi connectivity index (χ0n) is 19.4. The molecular formula is C26H23Cl2N3O4. The van der Waals surface area contributed by atoms with Crippen molar-refractivity contribution in [3.8, 4) is 5.69 Å². The highest BCUT2D eigenvalue weighted by atomic mass is 35.5. The summed E-state index contributed by atoms with van der Waals surface area (Å²) in [6, 6.07) is 13.4. The summed E-state index contributed by atoms with van der Waals surface area (Å²) in [5.41, 5.74) is 4.52. The van der Waals surface area contributed by atoms with E-state index in [2.05, 4.69) is 5.32 Å². The first-order chi connectivity index (χ1) is 16.7. The number of imide groups is 1. The Morgan fingerprint density at radius 2 is 1.86 bits per heavy atom. The summed E-state index contributed by atoms with van der Waals surface area (Å²) < 4.78 is 7.08. The maximum Gasteiger partial charge on any atom is 0.338 e. The normalized spacial score (nSPS) is 14.5. The first-order valence-corrected chi connectivity index (χ1v) is 11.7. The molecule has 0 radical (unpaired) electrons. The molecule has 1 fully saturated rings. The van der Waals surface area contributed by atoms with Crippen molar-refractivity contribution in [3.63, 3.8) is 0 Å². The second-order valence-corrected chi connectivity index (χ2v) is 8.89. The fourth-order valence-corrected chi connectivity index (χ4v) is 4.48. The van der Waals surface area contributed by atoms with Crippen molar-refractivity contribution in [1.82, 2.24) is 14.8 Å². The van der Waals surface area contributed by atoms with Gasteiger partial charge in [-0.25, -0.2) is 9.59 Å². The third-order valence-electron chi connectivity index (χ3n) is 5.69. The number of benzene rings is 2. The molecule has 7 nitrogen and oxygen atoms in total. The molecule has 2 heterocycles. The number of carbonyl (C=O) groups excluding carboxylic acids is 3. The number of nitrogens with one attached hydrogen (secondary N) is 1. The van der Waals surface area contributed by atoms with Gasteiger partial charge in [0, 0.05) is 27.1 Å². The van der Waals surface area contributed by atoms with Crippen LogP contribution in [0.5, 0.6) is 0 Å². The smallest absolute Gasteiger partial charge is 0.338 e. The summed E-state index contributed by atoms with van der Waals surface area (Å²) in [7, 11) is 0. The van der Waals surface area contributed by atoms with Gasteiger partial charge in [-0.15, -0.1) is 0 Å². The Balaban J connectivity index is 1.62. The number of carbonyl (C=O) groups is 3. The molecule has 0 spiro atoms. The van der Waals surface area contributed by atoms with Gasteiger partial charge in [-0.1, -0.05) is 35.3 Å². The Kier molecular flexibility index (Phi) is 7.00. The number of hydrogen-bond acceptors (Lipinski definition) is 4. The molecule has 1 aliphatic heterocycles. The van der Waals surface area contributed by atoms with Crippen LogP contribution in [0.25, 0.3) is 11.8 Å². The fraction of sp³-hybridized carbons (Fsp3) is 0.192. The average molecular weight is 512 g/mol. The minimum atomic E-state index is -0.525. The number of aryl methyl sites for hydroxylation is 1. The fourth-order valence-electron chi connectivity index (χ4n) is 4.01. The van der Waals surface area contributed by atoms with Gasteiger partial charge in [0.2, 0.25) is 0 Å². The van der Waals surface area contributed by atoms with Gasteiger partial charge in [0.1, 0.15) is 5.70 Å². The summed E-state index contributed by atoms with van der Waals surface area (Å²) in [4.78, 5) is 38.8. The number of ether oxygens (including phenoxy) is 1. The Morgan fingerprint density at radius 3 is 2.57 bits per heavy atom. The van der Waals surface area contributed by atoms with E-state index in [1.54, 1.807) is 49.4 Å². The van der Waals surface area contributed by atoms with E-state index in [9.17, 15) is 14.4 Å². The molecule has 0 atom stereocenters. The topological polar surface area (TPSA) is 80.6 Å². The summed E-state index contributed by atoms with van der Waals surface area (Å²) in [5, 5.41) is 3.50. The lowest BCUT2D eigenvalue weighted by atomic mass is 10.2. The average Bonchev–Trinajstić information content (AvgIpc) is 3.24. The van der Waals surface area contributed by atoms with Gasteiger partial charge in [0.05, 0.1) is 18.7 Å². The standard InChI is InChI=1S/C26H23Cl2N3O4/c1-4-35-25(33)17-6-5-7-21(11-17)31-15(2)10-19(16(31)3)12-23-24(32)30(26(34)29-23)14-18-8-9-20(27)13-22(18)28/h5-13H,4,14H2,1-3H3,(H,29,34)/b23-12-. The van der Waals surface area contributed by atoms with E-state index in [4.69, 9.17) is 27.9 Å². The van der Waals surface area contributed by atoms with Crippen LogP contribution in [-0.4, -0.2) is 34.0 Å². The molecule has 2 aromatic carbocycles. The highest BCUT2D eigenvalue weighted by Gasteiger charge is 2.34. The molecule has 1 saturated heterocycles. The third-order valence-corrected chi connectivity index (χ3v) is 6.28. The second kappa shape index (κ2) is 9.98. The SMILES string of the molecule is CCOC(=O)c1cccc(-n2c(C)cc(/C=C3\NC(=O)N(Cc4ccc(Cl)cc4Cl)C3=O)c2C)c1. The summed E-state index contributed by atoms with van der Waals surface area (Å²) in [6.07, 6.45) is 1.65. The molecule has 180 valence electrons. The predicted molar refractivity (Wildman–Crippen MR) is 135 cm³/mol. The summed E-state index contributed by atoms with van der Waals surface area (Å²) >= 11 is 12.2. The van der Waals surface area contributed by atoms with Gasteiger partial charge in [0.15, 0.2) is 0 Å². The molecule has 4 rings (SSSR count). The van der Waals surface area contributed by atoms with E-state index >= 15 is 0 Å². The van der Waals surface area contributed by atoms with Crippen molar-refractivity contribution in [2.24, 2.45) is 0 Å². The number of halogens is 2. The number of urea groups is 1. The van der Waals surface area contributed by atoms with Crippen LogP contribution >= 0.6 is 23.2 Å². The maximum atomic E-state index is 13.0. The molecule has 9 heteroatoms. The molecule has 0 aliphatic carbocycles. The lowest BCUT2D eigenvalue weighted by Gasteiger charge is -2.13. The van der Waals surface area contributed by atoms with Crippen molar-refractivity contribution in [2.75, 3.05) is 6.61 Å². The molecule has 0 bridgehead atoms. The minimum Gasteiger partial charge on any atom is -0.462 e. The van der Waals surface area contributed by atoms with Crippen molar-refractivity contribution >= 4 is 47.2 Å². The molecule has 3 amide bonds. The van der Waals surface area contributed by atoms with E-state index in [0.29, 0.717) is 27.8 Å². The summed E-state index contributed by atoms with van der Waals surface area (Å²) in [5.74, 6) is -0.838. The number of hydrogen-bond donors (Lipinski definition) is 1. The zero-order chi connectivity index (χ0) is 25.3. The predicted octanol–water partition coefficient (Wildman–Crippen LogP) is 5.67. The zero-order valence-corrected chi connectivity index (χ0v) is 20.9. The van der Waals surface area contributed by atoms with Crippen LogP contribution in [0.4, 0.5) is 4.79 Å². The van der Waals surface area contributed by atoms with Gasteiger partial charge in [-0.05, 0) is 74.4 Å². The van der Waals surface area contributed by atoms with E-state index in [1.807, 2.05) is 30.5 Å². The quantitative estimate of drug-likeness (QED) is 0.262. The molecule has 1 aliphatic rings. The molecule has 3 aromatic rings. The number of esters is 1. The number of rotatable bonds is 6. The van der Waals surface area contributed by atoms with Crippen molar-refractivity contribution in [2.45, 2.75) is 27.3 Å². The lowest BCUT2D eigenvalue weighted by Crippen LogP contribution is -2.30. The first-order valence-electron chi connectivity index (χ1n) is 10.9. The minimum absolute atomic E-state index is 0.0255. The molecule has 0 saturated carbocycles. The van der Waals surface area contributed by atoms with Gasteiger partial charge in [0.25, 0.3) is 5.91 Å². The largest absolute Gasteiger partial charge is 0.462 e. The maximum absolute atomic E-state index is 13.0. The van der Waals surface area contributed by atoms with Crippen LogP contribution in [0.2, 0.25) is 10.0 Å². The lowest BCUT2D eigenvalue weighted by molar-refractivity contribution is -0.123. The molecule has 35 heavy (non-hydrogen) atoms. The Bertz CT molecular complexity index is 1380. The molecule has 0 unspecified atom stereocenters. The van der Waals surface area contributed by atoms with Crippen LogP contribution < -0.4 is 5.32 Å². The van der Waals surface area contributed by atoms with Gasteiger partial charge < -0.3 is 14.6 Å². The van der Waals surface area contributed by atoms with Gasteiger partial charge in [-0.3, -0.25) is 9.69 Å². The van der Waals surface area contributed by atoms with E-state index in [1.165, 1.54) is 0 Å². The van der Waals surface area contributed by atoms with Crippen LogP contribution in [0.3, 0.4) is 0 Å². The van der Waals surface area contributed by atoms with E-state index in [-0.39, 0.29) is 18.2 Å². The van der Waals surface area contributed by atoms with Crippen LogP contribution in [0, 0.1) is 13.8 Å². The number of amides is 3. The highest BCUT2D eigenvalue weighted by Crippen LogP contribution is 2.27. The number of nitrogens with zero attached hydrogens (tertiary/aromatic N) is 2.